The number of hydrogen-bond acceptors (Lipinski definition) is 2. The standard InChI is InChI=1S/C25H22F6O2/c1-2-3-4-5-16-6-8-17(9-7-16)18-14-21(26)23(22(27)15-18)25(30,31)33-20-12-10-19(11-13-20)32-24(28)29/h6-15,24H,2-5H2,1H3. The zero-order valence-corrected chi connectivity index (χ0v) is 17.8. The van der Waals surface area contributed by atoms with E-state index in [9.17, 15) is 26.3 Å². The third-order valence-electron chi connectivity index (χ3n) is 4.98. The van der Waals surface area contributed by atoms with Gasteiger partial charge in [-0.1, -0.05) is 44.0 Å². The highest BCUT2D eigenvalue weighted by atomic mass is 19.3. The quantitative estimate of drug-likeness (QED) is 0.221. The minimum atomic E-state index is -4.35. The van der Waals surface area contributed by atoms with Crippen LogP contribution in [0.2, 0.25) is 0 Å². The molecule has 0 saturated carbocycles. The Kier molecular flexibility index (Phi) is 7.89. The Labute approximate surface area is 187 Å². The molecule has 0 saturated heterocycles. The normalized spacial score (nSPS) is 11.6. The van der Waals surface area contributed by atoms with Crippen LogP contribution in [0.3, 0.4) is 0 Å². The average molecular weight is 468 g/mol. The van der Waals surface area contributed by atoms with E-state index in [0.29, 0.717) is 5.56 Å². The van der Waals surface area contributed by atoms with Gasteiger partial charge in [-0.2, -0.15) is 17.6 Å². The zero-order valence-electron chi connectivity index (χ0n) is 17.8. The fourth-order valence-corrected chi connectivity index (χ4v) is 3.35. The van der Waals surface area contributed by atoms with Gasteiger partial charge in [0.15, 0.2) is 0 Å². The molecule has 3 aromatic carbocycles. The first-order valence-corrected chi connectivity index (χ1v) is 10.4. The molecule has 0 atom stereocenters. The monoisotopic (exact) mass is 468 g/mol. The molecule has 0 aromatic heterocycles. The summed E-state index contributed by atoms with van der Waals surface area (Å²) in [5, 5.41) is 0. The van der Waals surface area contributed by atoms with E-state index >= 15 is 0 Å². The number of aryl methyl sites for hydroxylation is 1. The lowest BCUT2D eigenvalue weighted by Gasteiger charge is -2.20. The van der Waals surface area contributed by atoms with Crippen LogP contribution in [-0.4, -0.2) is 6.61 Å². The van der Waals surface area contributed by atoms with Crippen molar-refractivity contribution in [3.05, 3.63) is 83.4 Å². The van der Waals surface area contributed by atoms with Gasteiger partial charge >= 0.3 is 12.7 Å². The van der Waals surface area contributed by atoms with Crippen LogP contribution in [-0.2, 0) is 12.5 Å². The molecule has 0 fully saturated rings. The number of alkyl halides is 4. The van der Waals surface area contributed by atoms with Gasteiger partial charge in [0, 0.05) is 0 Å². The Morgan fingerprint density at radius 1 is 0.788 bits per heavy atom. The first-order chi connectivity index (χ1) is 15.7. The van der Waals surface area contributed by atoms with Crippen LogP contribution in [0, 0.1) is 11.6 Å². The lowest BCUT2D eigenvalue weighted by Crippen LogP contribution is -2.25. The Bertz CT molecular complexity index is 1030. The van der Waals surface area contributed by atoms with E-state index < -0.39 is 35.7 Å². The molecule has 0 aliphatic rings. The van der Waals surface area contributed by atoms with Gasteiger partial charge in [-0.25, -0.2) is 8.78 Å². The van der Waals surface area contributed by atoms with Crippen LogP contribution < -0.4 is 9.47 Å². The Hall–Kier alpha value is -3.16. The van der Waals surface area contributed by atoms with Crippen LogP contribution in [0.1, 0.15) is 37.3 Å². The lowest BCUT2D eigenvalue weighted by molar-refractivity contribution is -0.189. The third kappa shape index (κ3) is 6.43. The second-order valence-electron chi connectivity index (χ2n) is 7.44. The summed E-state index contributed by atoms with van der Waals surface area (Å²) < 4.78 is 91.2. The average Bonchev–Trinajstić information content (AvgIpc) is 2.74. The highest BCUT2D eigenvalue weighted by Crippen LogP contribution is 2.37. The van der Waals surface area contributed by atoms with Gasteiger partial charge in [-0.15, -0.1) is 0 Å². The maximum absolute atomic E-state index is 14.6. The number of benzene rings is 3. The molecule has 3 rings (SSSR count). The highest BCUT2D eigenvalue weighted by Gasteiger charge is 2.41. The summed E-state index contributed by atoms with van der Waals surface area (Å²) in [6.07, 6.45) is -0.236. The fraction of sp³-hybridized carbons (Fsp3) is 0.280. The smallest absolute Gasteiger partial charge is 0.432 e. The van der Waals surface area contributed by atoms with Gasteiger partial charge in [0.1, 0.15) is 28.7 Å². The minimum absolute atomic E-state index is 0.109. The second kappa shape index (κ2) is 10.6. The molecular formula is C25H22F6O2. The number of rotatable bonds is 10. The van der Waals surface area contributed by atoms with Gasteiger partial charge in [0.25, 0.3) is 0 Å². The van der Waals surface area contributed by atoms with Gasteiger partial charge < -0.3 is 9.47 Å². The predicted octanol–water partition coefficient (Wildman–Crippen LogP) is 8.09. The van der Waals surface area contributed by atoms with Gasteiger partial charge in [0.05, 0.1) is 0 Å². The summed E-state index contributed by atoms with van der Waals surface area (Å²) >= 11 is 0. The molecule has 0 heterocycles. The second-order valence-corrected chi connectivity index (χ2v) is 7.44. The van der Waals surface area contributed by atoms with Gasteiger partial charge in [0.2, 0.25) is 0 Å². The first kappa shape index (κ1) is 24.5. The summed E-state index contributed by atoms with van der Waals surface area (Å²) in [5.41, 5.74) is 0.126. The molecule has 176 valence electrons. The van der Waals surface area contributed by atoms with Crippen molar-refractivity contribution in [1.29, 1.82) is 0 Å². The minimum Gasteiger partial charge on any atom is -0.435 e. The van der Waals surface area contributed by atoms with Crippen molar-refractivity contribution in [1.82, 2.24) is 0 Å². The van der Waals surface area contributed by atoms with Gasteiger partial charge in [-0.05, 0) is 65.9 Å². The van der Waals surface area contributed by atoms with E-state index in [1.54, 1.807) is 12.1 Å². The van der Waals surface area contributed by atoms with Crippen molar-refractivity contribution in [2.75, 3.05) is 0 Å². The molecule has 0 aliphatic heterocycles. The maximum Gasteiger partial charge on any atom is 0.432 e. The van der Waals surface area contributed by atoms with E-state index in [2.05, 4.69) is 16.4 Å². The van der Waals surface area contributed by atoms with E-state index in [1.165, 1.54) is 0 Å². The lowest BCUT2D eigenvalue weighted by atomic mass is 9.99. The number of hydrogen-bond donors (Lipinski definition) is 0. The summed E-state index contributed by atoms with van der Waals surface area (Å²) in [4.78, 5) is 0. The molecule has 0 unspecified atom stereocenters. The Balaban J connectivity index is 1.78. The third-order valence-corrected chi connectivity index (χ3v) is 4.98. The van der Waals surface area contributed by atoms with Crippen molar-refractivity contribution in [3.63, 3.8) is 0 Å². The van der Waals surface area contributed by atoms with E-state index in [-0.39, 0.29) is 11.3 Å². The van der Waals surface area contributed by atoms with Crippen molar-refractivity contribution < 1.29 is 35.8 Å². The van der Waals surface area contributed by atoms with E-state index in [4.69, 9.17) is 0 Å². The van der Waals surface area contributed by atoms with Crippen molar-refractivity contribution in [2.24, 2.45) is 0 Å². The van der Waals surface area contributed by atoms with Crippen molar-refractivity contribution >= 4 is 0 Å². The van der Waals surface area contributed by atoms with Crippen LogP contribution >= 0.6 is 0 Å². The topological polar surface area (TPSA) is 18.5 Å². The van der Waals surface area contributed by atoms with E-state index in [1.807, 2.05) is 12.1 Å². The largest absolute Gasteiger partial charge is 0.435 e. The summed E-state index contributed by atoms with van der Waals surface area (Å²) in [6, 6.07) is 12.5. The summed E-state index contributed by atoms with van der Waals surface area (Å²) in [5.74, 6) is -3.71. The molecule has 33 heavy (non-hydrogen) atoms. The van der Waals surface area contributed by atoms with Crippen molar-refractivity contribution in [2.45, 2.75) is 45.3 Å². The van der Waals surface area contributed by atoms with Crippen LogP contribution in [0.15, 0.2) is 60.7 Å². The molecule has 0 radical (unpaired) electrons. The fourth-order valence-electron chi connectivity index (χ4n) is 3.35. The highest BCUT2D eigenvalue weighted by molar-refractivity contribution is 5.64. The van der Waals surface area contributed by atoms with Gasteiger partial charge in [-0.3, -0.25) is 0 Å². The molecule has 2 nitrogen and oxygen atoms in total. The Morgan fingerprint density at radius 3 is 1.91 bits per heavy atom. The molecule has 0 aliphatic carbocycles. The number of ether oxygens (including phenoxy) is 2. The molecule has 0 spiro atoms. The summed E-state index contributed by atoms with van der Waals surface area (Å²) in [6.45, 7) is -0.983. The molecule has 3 aromatic rings. The summed E-state index contributed by atoms with van der Waals surface area (Å²) in [7, 11) is 0. The van der Waals surface area contributed by atoms with Crippen LogP contribution in [0.5, 0.6) is 11.5 Å². The SMILES string of the molecule is CCCCCc1ccc(-c2cc(F)c(C(F)(F)Oc3ccc(OC(F)F)cc3)c(F)c2)cc1. The number of unbranched alkanes of at least 4 members (excludes halogenated alkanes) is 2. The zero-order chi connectivity index (χ0) is 24.0. The first-order valence-electron chi connectivity index (χ1n) is 10.4. The van der Waals surface area contributed by atoms with E-state index in [0.717, 1.165) is 67.6 Å². The molecular weight excluding hydrogens is 446 g/mol. The number of halogens is 6. The van der Waals surface area contributed by atoms with Crippen LogP contribution in [0.25, 0.3) is 11.1 Å². The molecule has 0 N–H and O–H groups in total. The van der Waals surface area contributed by atoms with Crippen molar-refractivity contribution in [3.8, 4) is 22.6 Å². The maximum atomic E-state index is 14.6. The Morgan fingerprint density at radius 2 is 1.36 bits per heavy atom. The molecule has 8 heteroatoms. The van der Waals surface area contributed by atoms with Crippen LogP contribution in [0.4, 0.5) is 26.3 Å². The predicted molar refractivity (Wildman–Crippen MR) is 113 cm³/mol. The molecule has 0 bridgehead atoms. The molecule has 0 amide bonds.